The first-order chi connectivity index (χ1) is 14.1. The lowest BCUT2D eigenvalue weighted by Gasteiger charge is -2.31. The van der Waals surface area contributed by atoms with Gasteiger partial charge in [-0.1, -0.05) is 26.0 Å². The average molecular weight is 472 g/mol. The molecule has 0 aliphatic carbocycles. The van der Waals surface area contributed by atoms with Gasteiger partial charge in [0.25, 0.3) is 10.1 Å². The van der Waals surface area contributed by atoms with E-state index in [4.69, 9.17) is 4.55 Å². The van der Waals surface area contributed by atoms with Crippen LogP contribution in [0.25, 0.3) is 0 Å². The average Bonchev–Trinajstić information content (AvgIpc) is 2.66. The van der Waals surface area contributed by atoms with Gasteiger partial charge in [0.15, 0.2) is 0 Å². The fourth-order valence-corrected chi connectivity index (χ4v) is 2.85. The van der Waals surface area contributed by atoms with Gasteiger partial charge in [-0.25, -0.2) is 0 Å². The monoisotopic (exact) mass is 472 g/mol. The van der Waals surface area contributed by atoms with Crippen molar-refractivity contribution in [1.29, 1.82) is 0 Å². The first-order valence-electron chi connectivity index (χ1n) is 8.79. The molecule has 172 valence electrons. The first-order valence-corrected chi connectivity index (χ1v) is 10.2. The Bertz CT molecular complexity index is 991. The highest BCUT2D eigenvalue weighted by Gasteiger charge is 2.77. The standard InChI is InChI=1S/C19H18F6O5S/c1-3-12(2)13-4-6-14(7-5-13)29-18(22,23)17(20,21)19(24,25)30-15-8-10-16(11-9-15)31(26,27)28/h4-12H,3H2,1-2H3,(H,26,27,28). The van der Waals surface area contributed by atoms with E-state index >= 15 is 0 Å². The molecule has 0 fully saturated rings. The third-order valence-corrected chi connectivity index (χ3v) is 5.27. The molecule has 12 heteroatoms. The van der Waals surface area contributed by atoms with E-state index in [9.17, 15) is 34.8 Å². The second-order valence-corrected chi connectivity index (χ2v) is 8.06. The van der Waals surface area contributed by atoms with Crippen molar-refractivity contribution in [3.8, 4) is 11.5 Å². The second-order valence-electron chi connectivity index (χ2n) is 6.64. The van der Waals surface area contributed by atoms with Crippen LogP contribution in [0, 0.1) is 0 Å². The summed E-state index contributed by atoms with van der Waals surface area (Å²) in [6, 6.07) is 6.71. The van der Waals surface area contributed by atoms with Crippen molar-refractivity contribution >= 4 is 10.1 Å². The Morgan fingerprint density at radius 1 is 0.839 bits per heavy atom. The van der Waals surface area contributed by atoms with E-state index in [1.54, 1.807) is 0 Å². The molecule has 0 saturated heterocycles. The molecule has 0 saturated carbocycles. The molecule has 1 unspecified atom stereocenters. The van der Waals surface area contributed by atoms with Crippen molar-refractivity contribution in [3.05, 3.63) is 54.1 Å². The van der Waals surface area contributed by atoms with Crippen LogP contribution in [0.4, 0.5) is 26.3 Å². The molecule has 2 aromatic rings. The van der Waals surface area contributed by atoms with Crippen LogP contribution in [0.2, 0.25) is 0 Å². The minimum atomic E-state index is -6.11. The fraction of sp³-hybridized carbons (Fsp3) is 0.368. The number of hydrogen-bond acceptors (Lipinski definition) is 4. The molecule has 0 radical (unpaired) electrons. The predicted octanol–water partition coefficient (Wildman–Crippen LogP) is 5.73. The largest absolute Gasteiger partial charge is 0.475 e. The Hall–Kier alpha value is -2.47. The summed E-state index contributed by atoms with van der Waals surface area (Å²) < 4.78 is 122. The maximum Gasteiger partial charge on any atom is 0.475 e. The number of ether oxygens (including phenoxy) is 2. The van der Waals surface area contributed by atoms with E-state index in [-0.39, 0.29) is 5.92 Å². The van der Waals surface area contributed by atoms with Gasteiger partial charge < -0.3 is 9.47 Å². The number of benzene rings is 2. The van der Waals surface area contributed by atoms with Crippen LogP contribution in [-0.4, -0.2) is 31.1 Å². The Kier molecular flexibility index (Phi) is 6.86. The highest BCUT2D eigenvalue weighted by atomic mass is 32.2. The van der Waals surface area contributed by atoms with E-state index in [1.807, 2.05) is 13.8 Å². The van der Waals surface area contributed by atoms with E-state index in [1.165, 1.54) is 12.1 Å². The predicted molar refractivity (Wildman–Crippen MR) is 97.5 cm³/mol. The summed E-state index contributed by atoms with van der Waals surface area (Å²) in [7, 11) is -4.69. The second kappa shape index (κ2) is 8.58. The van der Waals surface area contributed by atoms with Crippen LogP contribution in [0.1, 0.15) is 31.7 Å². The third kappa shape index (κ3) is 5.42. The lowest BCUT2D eigenvalue weighted by Crippen LogP contribution is -2.59. The molecule has 2 rings (SSSR count). The molecule has 5 nitrogen and oxygen atoms in total. The van der Waals surface area contributed by atoms with Crippen LogP contribution in [0.5, 0.6) is 11.5 Å². The highest BCUT2D eigenvalue weighted by molar-refractivity contribution is 7.85. The third-order valence-electron chi connectivity index (χ3n) is 4.41. The van der Waals surface area contributed by atoms with Crippen molar-refractivity contribution in [3.63, 3.8) is 0 Å². The van der Waals surface area contributed by atoms with Crippen molar-refractivity contribution in [2.45, 2.75) is 49.2 Å². The van der Waals surface area contributed by atoms with Crippen LogP contribution in [0.15, 0.2) is 53.4 Å². The van der Waals surface area contributed by atoms with E-state index in [2.05, 4.69) is 9.47 Å². The molecule has 31 heavy (non-hydrogen) atoms. The van der Waals surface area contributed by atoms with Gasteiger partial charge in [0.1, 0.15) is 11.5 Å². The van der Waals surface area contributed by atoms with Crippen molar-refractivity contribution in [1.82, 2.24) is 0 Å². The summed E-state index contributed by atoms with van der Waals surface area (Å²) in [4.78, 5) is -0.746. The topological polar surface area (TPSA) is 72.8 Å². The molecule has 0 spiro atoms. The normalized spacial score (nSPS) is 14.2. The Labute approximate surface area is 174 Å². The summed E-state index contributed by atoms with van der Waals surface area (Å²) >= 11 is 0. The maximum atomic E-state index is 14.0. The van der Waals surface area contributed by atoms with Crippen LogP contribution in [-0.2, 0) is 10.1 Å². The van der Waals surface area contributed by atoms with Crippen LogP contribution >= 0.6 is 0 Å². The quantitative estimate of drug-likeness (QED) is 0.373. The first kappa shape index (κ1) is 24.8. The molecule has 2 aromatic carbocycles. The minimum absolute atomic E-state index is 0.0564. The Balaban J connectivity index is 2.21. The van der Waals surface area contributed by atoms with Crippen molar-refractivity contribution in [2.75, 3.05) is 0 Å². The summed E-state index contributed by atoms with van der Waals surface area (Å²) in [5.41, 5.74) is 0.715. The molecule has 0 aliphatic heterocycles. The van der Waals surface area contributed by atoms with E-state index < -0.39 is 44.7 Å². The van der Waals surface area contributed by atoms with Crippen LogP contribution in [0.3, 0.4) is 0 Å². The lowest BCUT2D eigenvalue weighted by molar-refractivity contribution is -0.415. The van der Waals surface area contributed by atoms with Gasteiger partial charge in [-0.15, -0.1) is 0 Å². The Morgan fingerprint density at radius 3 is 1.58 bits per heavy atom. The lowest BCUT2D eigenvalue weighted by atomic mass is 9.99. The van der Waals surface area contributed by atoms with Crippen molar-refractivity contribution in [2.24, 2.45) is 0 Å². The van der Waals surface area contributed by atoms with E-state index in [0.29, 0.717) is 29.8 Å². The molecule has 0 amide bonds. The summed E-state index contributed by atoms with van der Waals surface area (Å²) in [5.74, 6) is -7.87. The summed E-state index contributed by atoms with van der Waals surface area (Å²) in [6.45, 7) is 3.72. The number of alkyl halides is 6. The molecule has 1 atom stereocenters. The van der Waals surface area contributed by atoms with Gasteiger partial charge in [-0.2, -0.15) is 34.8 Å². The highest BCUT2D eigenvalue weighted by Crippen LogP contribution is 2.47. The van der Waals surface area contributed by atoms with Crippen molar-refractivity contribution < 1.29 is 48.8 Å². The zero-order valence-corrected chi connectivity index (χ0v) is 17.0. The van der Waals surface area contributed by atoms with Gasteiger partial charge in [-0.05, 0) is 54.3 Å². The SMILES string of the molecule is CCC(C)c1ccc(OC(F)(F)C(F)(F)C(F)(F)Oc2ccc(S(=O)(=O)O)cc2)cc1. The number of halogens is 6. The molecule has 0 aliphatic rings. The minimum Gasteiger partial charge on any atom is -0.428 e. The van der Waals surface area contributed by atoms with Crippen LogP contribution < -0.4 is 9.47 Å². The maximum absolute atomic E-state index is 14.0. The summed E-state index contributed by atoms with van der Waals surface area (Å²) in [6.07, 6.45) is -10.7. The molecule has 0 bridgehead atoms. The molecule has 0 aromatic heterocycles. The van der Waals surface area contributed by atoms with Gasteiger partial charge in [0.2, 0.25) is 0 Å². The van der Waals surface area contributed by atoms with Gasteiger partial charge in [0, 0.05) is 0 Å². The molecule has 0 heterocycles. The smallest absolute Gasteiger partial charge is 0.428 e. The molecular weight excluding hydrogens is 454 g/mol. The Morgan fingerprint density at radius 2 is 1.23 bits per heavy atom. The number of hydrogen-bond donors (Lipinski definition) is 1. The van der Waals surface area contributed by atoms with Gasteiger partial charge >= 0.3 is 18.1 Å². The van der Waals surface area contributed by atoms with E-state index in [0.717, 1.165) is 18.6 Å². The van der Waals surface area contributed by atoms with Gasteiger partial charge in [-0.3, -0.25) is 4.55 Å². The summed E-state index contributed by atoms with van der Waals surface area (Å²) in [5, 5.41) is 0. The zero-order chi connectivity index (χ0) is 23.7. The molecule has 1 N–H and O–H groups in total. The fourth-order valence-electron chi connectivity index (χ4n) is 2.37. The number of rotatable bonds is 9. The zero-order valence-electron chi connectivity index (χ0n) is 16.2. The molecular formula is C19H18F6O5S. The van der Waals surface area contributed by atoms with Gasteiger partial charge in [0.05, 0.1) is 4.90 Å².